The van der Waals surface area contributed by atoms with E-state index in [0.29, 0.717) is 34.4 Å². The minimum Gasteiger partial charge on any atom is -0.497 e. The fourth-order valence-electron chi connectivity index (χ4n) is 4.80. The minimum absolute atomic E-state index is 0.130. The summed E-state index contributed by atoms with van der Waals surface area (Å²) in [6.07, 6.45) is 6.32. The van der Waals surface area contributed by atoms with E-state index in [2.05, 4.69) is 11.1 Å². The number of carboxylic acid groups (broad SMARTS) is 1. The van der Waals surface area contributed by atoms with Crippen LogP contribution in [0.1, 0.15) is 21.6 Å². The quantitative estimate of drug-likeness (QED) is 0.210. The number of hydrogen-bond acceptors (Lipinski definition) is 5. The molecule has 3 heterocycles. The zero-order valence-corrected chi connectivity index (χ0v) is 23.0. The number of ether oxygens (including phenoxy) is 1. The fourth-order valence-corrected chi connectivity index (χ4v) is 5.81. The van der Waals surface area contributed by atoms with E-state index < -0.39 is 5.97 Å². The molecule has 204 valence electrons. The molecule has 1 amide bonds. The van der Waals surface area contributed by atoms with Gasteiger partial charge in [-0.15, -0.1) is 0 Å². The summed E-state index contributed by atoms with van der Waals surface area (Å²) in [7, 11) is 1.61. The summed E-state index contributed by atoms with van der Waals surface area (Å²) in [6, 6.07) is 26.0. The zero-order chi connectivity index (χ0) is 28.3. The predicted octanol–water partition coefficient (Wildman–Crippen LogP) is 6.51. The number of carboxylic acids is 1. The Balaban J connectivity index is 1.33. The number of aromatic amines is 1. The smallest absolute Gasteiger partial charge is 0.335 e. The number of amidine groups is 1. The number of para-hydroxylation sites is 1. The molecule has 0 unspecified atom stereocenters. The van der Waals surface area contributed by atoms with Gasteiger partial charge in [-0.2, -0.15) is 0 Å². The first-order valence-corrected chi connectivity index (χ1v) is 13.8. The van der Waals surface area contributed by atoms with Crippen molar-refractivity contribution in [3.63, 3.8) is 0 Å². The maximum absolute atomic E-state index is 13.8. The highest BCUT2D eigenvalue weighted by Crippen LogP contribution is 2.35. The molecular formula is C32H26N4O4S. The van der Waals surface area contributed by atoms with Gasteiger partial charge in [0.25, 0.3) is 5.91 Å². The van der Waals surface area contributed by atoms with Crippen LogP contribution in [0, 0.1) is 0 Å². The van der Waals surface area contributed by atoms with Crippen molar-refractivity contribution in [3.05, 3.63) is 119 Å². The lowest BCUT2D eigenvalue weighted by Gasteiger charge is -2.15. The maximum Gasteiger partial charge on any atom is 0.335 e. The van der Waals surface area contributed by atoms with Gasteiger partial charge < -0.3 is 19.4 Å². The van der Waals surface area contributed by atoms with Crippen LogP contribution in [0.3, 0.4) is 0 Å². The second-order valence-corrected chi connectivity index (χ2v) is 10.4. The average Bonchev–Trinajstić information content (AvgIpc) is 3.71. The van der Waals surface area contributed by atoms with Crippen LogP contribution in [0.15, 0.2) is 107 Å². The van der Waals surface area contributed by atoms with Gasteiger partial charge in [-0.3, -0.25) is 9.69 Å². The Labute approximate surface area is 240 Å². The molecule has 0 radical (unpaired) electrons. The number of fused-ring (bicyclic) bond motifs is 1. The van der Waals surface area contributed by atoms with Crippen molar-refractivity contribution in [1.82, 2.24) is 14.5 Å². The Morgan fingerprint density at radius 2 is 1.88 bits per heavy atom. The average molecular weight is 563 g/mol. The van der Waals surface area contributed by atoms with Gasteiger partial charge in [0.05, 0.1) is 23.3 Å². The number of amides is 1. The number of aromatic carboxylic acids is 1. The predicted molar refractivity (Wildman–Crippen MR) is 162 cm³/mol. The van der Waals surface area contributed by atoms with Crippen LogP contribution in [-0.2, 0) is 11.2 Å². The number of nitrogens with one attached hydrogen (secondary N) is 1. The van der Waals surface area contributed by atoms with Gasteiger partial charge in [-0.1, -0.05) is 24.3 Å². The van der Waals surface area contributed by atoms with E-state index in [1.165, 1.54) is 11.8 Å². The molecule has 1 saturated heterocycles. The number of thioether (sulfide) groups is 1. The van der Waals surface area contributed by atoms with E-state index in [-0.39, 0.29) is 11.5 Å². The molecule has 5 aromatic rings. The lowest BCUT2D eigenvalue weighted by atomic mass is 10.1. The third-order valence-electron chi connectivity index (χ3n) is 6.90. The maximum atomic E-state index is 13.8. The van der Waals surface area contributed by atoms with Crippen LogP contribution in [-0.4, -0.2) is 50.3 Å². The number of aromatic nitrogens is 2. The van der Waals surface area contributed by atoms with Gasteiger partial charge in [0, 0.05) is 41.2 Å². The molecule has 8 nitrogen and oxygen atoms in total. The van der Waals surface area contributed by atoms with E-state index >= 15 is 0 Å². The number of benzene rings is 3. The standard InChI is InChI=1S/C32H26N4O4S/c1-40-26-13-11-23(12-14-26)34-32-36(17-15-22-20-33-28-10-3-2-9-27(22)28)30(37)29(41-32)19-25-8-5-16-35(25)24-7-4-6-21(18-24)31(38)39/h2-14,16,18-20,33H,15,17H2,1H3,(H,38,39)/b29-19-,34-32?. The summed E-state index contributed by atoms with van der Waals surface area (Å²) in [4.78, 5) is 35.7. The Kier molecular flexibility index (Phi) is 7.18. The molecule has 0 saturated carbocycles. The normalized spacial score (nSPS) is 15.3. The molecule has 1 aliphatic heterocycles. The first-order chi connectivity index (χ1) is 20.0. The Morgan fingerprint density at radius 3 is 2.68 bits per heavy atom. The first kappa shape index (κ1) is 26.2. The van der Waals surface area contributed by atoms with Crippen molar-refractivity contribution in [2.45, 2.75) is 6.42 Å². The molecule has 0 atom stereocenters. The van der Waals surface area contributed by atoms with Gasteiger partial charge in [-0.25, -0.2) is 9.79 Å². The van der Waals surface area contributed by atoms with E-state index in [9.17, 15) is 14.7 Å². The van der Waals surface area contributed by atoms with Crippen molar-refractivity contribution in [2.24, 2.45) is 4.99 Å². The summed E-state index contributed by atoms with van der Waals surface area (Å²) < 4.78 is 7.13. The molecule has 2 aromatic heterocycles. The second kappa shape index (κ2) is 11.2. The largest absolute Gasteiger partial charge is 0.497 e. The molecule has 1 fully saturated rings. The van der Waals surface area contributed by atoms with Crippen molar-refractivity contribution in [3.8, 4) is 11.4 Å². The third kappa shape index (κ3) is 5.39. The second-order valence-electron chi connectivity index (χ2n) is 9.43. The number of aliphatic imine (C=N–C) groups is 1. The number of rotatable bonds is 8. The molecule has 41 heavy (non-hydrogen) atoms. The molecule has 2 N–H and O–H groups in total. The van der Waals surface area contributed by atoms with Gasteiger partial charge in [0.2, 0.25) is 0 Å². The van der Waals surface area contributed by atoms with Crippen LogP contribution in [0.2, 0.25) is 0 Å². The summed E-state index contributed by atoms with van der Waals surface area (Å²) in [5.41, 5.74) is 4.55. The van der Waals surface area contributed by atoms with E-state index in [0.717, 1.165) is 27.9 Å². The molecule has 9 heteroatoms. The van der Waals surface area contributed by atoms with Crippen LogP contribution in [0.5, 0.6) is 5.75 Å². The van der Waals surface area contributed by atoms with E-state index in [1.54, 1.807) is 30.2 Å². The first-order valence-electron chi connectivity index (χ1n) is 13.0. The number of carbonyl (C=O) groups excluding carboxylic acids is 1. The highest BCUT2D eigenvalue weighted by atomic mass is 32.2. The molecule has 0 bridgehead atoms. The number of hydrogen-bond donors (Lipinski definition) is 2. The van der Waals surface area contributed by atoms with Crippen molar-refractivity contribution >= 4 is 51.5 Å². The lowest BCUT2D eigenvalue weighted by molar-refractivity contribution is -0.122. The molecule has 0 aliphatic carbocycles. The van der Waals surface area contributed by atoms with E-state index in [1.807, 2.05) is 83.7 Å². The van der Waals surface area contributed by atoms with Crippen LogP contribution < -0.4 is 4.74 Å². The molecule has 1 aliphatic rings. The van der Waals surface area contributed by atoms with Gasteiger partial charge in [0.1, 0.15) is 5.75 Å². The Bertz CT molecular complexity index is 1820. The SMILES string of the molecule is COc1ccc(N=C2S/C(=C\c3cccn3-c3cccc(C(=O)O)c3)C(=O)N2CCc2c[nH]c3ccccc23)cc1. The zero-order valence-electron chi connectivity index (χ0n) is 22.2. The summed E-state index contributed by atoms with van der Waals surface area (Å²) in [5.74, 6) is -0.395. The number of H-pyrrole nitrogens is 1. The van der Waals surface area contributed by atoms with Gasteiger partial charge >= 0.3 is 5.97 Å². The number of nitrogens with zero attached hydrogens (tertiary/aromatic N) is 3. The number of carbonyl (C=O) groups is 2. The van der Waals surface area contributed by atoms with Crippen molar-refractivity contribution in [1.29, 1.82) is 0 Å². The van der Waals surface area contributed by atoms with Gasteiger partial charge in [0.15, 0.2) is 5.17 Å². The minimum atomic E-state index is -0.995. The topological polar surface area (TPSA) is 99.9 Å². The monoisotopic (exact) mass is 562 g/mol. The highest BCUT2D eigenvalue weighted by Gasteiger charge is 2.33. The Morgan fingerprint density at radius 1 is 1.05 bits per heavy atom. The molecule has 0 spiro atoms. The van der Waals surface area contributed by atoms with Crippen LogP contribution >= 0.6 is 11.8 Å². The molecular weight excluding hydrogens is 536 g/mol. The van der Waals surface area contributed by atoms with Gasteiger partial charge in [-0.05, 0) is 90.5 Å². The summed E-state index contributed by atoms with van der Waals surface area (Å²) >= 11 is 1.32. The van der Waals surface area contributed by atoms with E-state index in [4.69, 9.17) is 9.73 Å². The highest BCUT2D eigenvalue weighted by molar-refractivity contribution is 8.18. The van der Waals surface area contributed by atoms with Crippen molar-refractivity contribution in [2.75, 3.05) is 13.7 Å². The molecule has 6 rings (SSSR count). The Hall–Kier alpha value is -5.02. The van der Waals surface area contributed by atoms with Crippen LogP contribution in [0.25, 0.3) is 22.7 Å². The summed E-state index contributed by atoms with van der Waals surface area (Å²) in [5, 5.41) is 11.2. The molecule has 3 aromatic carbocycles. The number of methoxy groups -OCH3 is 1. The van der Waals surface area contributed by atoms with Crippen LogP contribution in [0.4, 0.5) is 5.69 Å². The van der Waals surface area contributed by atoms with Crippen molar-refractivity contribution < 1.29 is 19.4 Å². The summed E-state index contributed by atoms with van der Waals surface area (Å²) in [6.45, 7) is 0.460. The third-order valence-corrected chi connectivity index (χ3v) is 7.90. The lowest BCUT2D eigenvalue weighted by Crippen LogP contribution is -2.31. The fraction of sp³-hybridized carbons (Fsp3) is 0.0938.